The molecule has 5 nitrogen and oxygen atoms in total. The van der Waals surface area contributed by atoms with Crippen LogP contribution >= 0.6 is 0 Å². The van der Waals surface area contributed by atoms with Gasteiger partial charge in [0.15, 0.2) is 0 Å². The first-order valence-corrected chi connectivity index (χ1v) is 8.06. The Balaban J connectivity index is 1.74. The van der Waals surface area contributed by atoms with E-state index < -0.39 is 0 Å². The van der Waals surface area contributed by atoms with E-state index in [0.29, 0.717) is 12.1 Å². The molecule has 24 heavy (non-hydrogen) atoms. The minimum absolute atomic E-state index is 0.124. The molecule has 3 aromatic rings. The Morgan fingerprint density at radius 1 is 1.21 bits per heavy atom. The molecule has 0 aliphatic rings. The molecule has 1 aromatic carbocycles. The highest BCUT2D eigenvalue weighted by atomic mass is 16.3. The fourth-order valence-corrected chi connectivity index (χ4v) is 2.87. The molecule has 0 aliphatic carbocycles. The van der Waals surface area contributed by atoms with Crippen LogP contribution in [0.4, 0.5) is 0 Å². The third-order valence-corrected chi connectivity index (χ3v) is 4.17. The highest BCUT2D eigenvalue weighted by Crippen LogP contribution is 2.18. The molecule has 0 spiro atoms. The third kappa shape index (κ3) is 3.11. The van der Waals surface area contributed by atoms with Crippen LogP contribution in [0.2, 0.25) is 0 Å². The van der Waals surface area contributed by atoms with Crippen molar-refractivity contribution in [1.29, 1.82) is 0 Å². The molecule has 1 N–H and O–H groups in total. The van der Waals surface area contributed by atoms with Crippen molar-refractivity contribution in [1.82, 2.24) is 15.1 Å². The van der Waals surface area contributed by atoms with Gasteiger partial charge in [-0.1, -0.05) is 6.92 Å². The first kappa shape index (κ1) is 16.1. The summed E-state index contributed by atoms with van der Waals surface area (Å²) in [6.07, 6.45) is 2.56. The van der Waals surface area contributed by atoms with Crippen LogP contribution in [-0.2, 0) is 13.0 Å². The van der Waals surface area contributed by atoms with Crippen LogP contribution in [0.15, 0.2) is 47.1 Å². The van der Waals surface area contributed by atoms with E-state index in [9.17, 15) is 4.79 Å². The molecule has 0 saturated carbocycles. The number of aromatic nitrogens is 2. The zero-order chi connectivity index (χ0) is 17.1. The molecule has 0 aliphatic heterocycles. The molecular weight excluding hydrogens is 302 g/mol. The van der Waals surface area contributed by atoms with E-state index in [-0.39, 0.29) is 5.91 Å². The summed E-state index contributed by atoms with van der Waals surface area (Å²) in [5.74, 6) is 0.607. The van der Waals surface area contributed by atoms with Crippen molar-refractivity contribution in [2.45, 2.75) is 33.7 Å². The van der Waals surface area contributed by atoms with Gasteiger partial charge in [0.05, 0.1) is 24.2 Å². The number of nitrogens with zero attached hydrogens (tertiary/aromatic N) is 2. The minimum Gasteiger partial charge on any atom is -0.467 e. The van der Waals surface area contributed by atoms with Crippen molar-refractivity contribution in [3.63, 3.8) is 0 Å². The fraction of sp³-hybridized carbons (Fsp3) is 0.263. The van der Waals surface area contributed by atoms with Crippen molar-refractivity contribution in [3.05, 3.63) is 70.9 Å². The molecule has 2 aromatic heterocycles. The molecule has 5 heteroatoms. The van der Waals surface area contributed by atoms with Crippen LogP contribution in [0.25, 0.3) is 5.69 Å². The summed E-state index contributed by atoms with van der Waals surface area (Å²) >= 11 is 0. The van der Waals surface area contributed by atoms with Crippen LogP contribution < -0.4 is 5.32 Å². The van der Waals surface area contributed by atoms with Crippen molar-refractivity contribution in [3.8, 4) is 5.69 Å². The summed E-state index contributed by atoms with van der Waals surface area (Å²) in [6, 6.07) is 11.1. The van der Waals surface area contributed by atoms with Crippen molar-refractivity contribution < 1.29 is 9.21 Å². The number of hydrogen-bond donors (Lipinski definition) is 1. The summed E-state index contributed by atoms with van der Waals surface area (Å²) in [7, 11) is 0. The van der Waals surface area contributed by atoms with Gasteiger partial charge in [0.2, 0.25) is 0 Å². The summed E-state index contributed by atoms with van der Waals surface area (Å²) in [5, 5.41) is 7.44. The maximum atomic E-state index is 12.2. The monoisotopic (exact) mass is 323 g/mol. The van der Waals surface area contributed by atoms with Crippen LogP contribution in [0.1, 0.15) is 40.0 Å². The topological polar surface area (TPSA) is 60.1 Å². The number of aryl methyl sites for hydroxylation is 1. The molecule has 3 rings (SSSR count). The van der Waals surface area contributed by atoms with Crippen LogP contribution in [0, 0.1) is 13.8 Å². The van der Waals surface area contributed by atoms with Gasteiger partial charge in [-0.25, -0.2) is 4.68 Å². The van der Waals surface area contributed by atoms with Crippen LogP contribution in [0.5, 0.6) is 0 Å². The van der Waals surface area contributed by atoms with E-state index in [1.165, 1.54) is 5.56 Å². The highest BCUT2D eigenvalue weighted by molar-refractivity contribution is 5.94. The van der Waals surface area contributed by atoms with Gasteiger partial charge in [0.1, 0.15) is 5.76 Å². The van der Waals surface area contributed by atoms with E-state index in [1.54, 1.807) is 12.3 Å². The Kier molecular flexibility index (Phi) is 4.51. The number of furan rings is 1. The second kappa shape index (κ2) is 6.74. The molecule has 0 unspecified atom stereocenters. The summed E-state index contributed by atoms with van der Waals surface area (Å²) in [4.78, 5) is 12.2. The van der Waals surface area contributed by atoms with Gasteiger partial charge in [0.25, 0.3) is 5.91 Å². The third-order valence-electron chi connectivity index (χ3n) is 4.17. The average Bonchev–Trinajstić information content (AvgIpc) is 3.21. The quantitative estimate of drug-likeness (QED) is 0.781. The predicted octanol–water partition coefficient (Wildman–Crippen LogP) is 3.57. The Labute approximate surface area is 141 Å². The molecule has 2 heterocycles. The summed E-state index contributed by atoms with van der Waals surface area (Å²) in [5.41, 5.74) is 5.04. The Bertz CT molecular complexity index is 830. The largest absolute Gasteiger partial charge is 0.467 e. The summed E-state index contributed by atoms with van der Waals surface area (Å²) in [6.45, 7) is 6.61. The van der Waals surface area contributed by atoms with Gasteiger partial charge in [-0.15, -0.1) is 0 Å². The van der Waals surface area contributed by atoms with E-state index >= 15 is 0 Å². The van der Waals surface area contributed by atoms with Gasteiger partial charge in [-0.05, 0) is 62.2 Å². The van der Waals surface area contributed by atoms with E-state index in [0.717, 1.165) is 29.3 Å². The molecular formula is C19H21N3O2. The zero-order valence-electron chi connectivity index (χ0n) is 14.2. The minimum atomic E-state index is -0.124. The van der Waals surface area contributed by atoms with E-state index in [2.05, 4.69) is 24.3 Å². The number of nitrogens with one attached hydrogen (secondary N) is 1. The summed E-state index contributed by atoms with van der Waals surface area (Å²) < 4.78 is 7.14. The molecule has 0 radical (unpaired) electrons. The normalized spacial score (nSPS) is 10.8. The van der Waals surface area contributed by atoms with Gasteiger partial charge in [0, 0.05) is 11.3 Å². The number of carbonyl (C=O) groups excluding carboxylic acids is 1. The second-order valence-corrected chi connectivity index (χ2v) is 5.72. The number of carbonyl (C=O) groups is 1. The first-order valence-electron chi connectivity index (χ1n) is 8.06. The van der Waals surface area contributed by atoms with Crippen molar-refractivity contribution in [2.24, 2.45) is 0 Å². The highest BCUT2D eigenvalue weighted by Gasteiger charge is 2.12. The Hall–Kier alpha value is -2.82. The number of rotatable bonds is 5. The van der Waals surface area contributed by atoms with Gasteiger partial charge < -0.3 is 9.73 Å². The zero-order valence-corrected chi connectivity index (χ0v) is 14.2. The molecule has 124 valence electrons. The average molecular weight is 323 g/mol. The Morgan fingerprint density at radius 2 is 1.96 bits per heavy atom. The molecule has 0 bridgehead atoms. The lowest BCUT2D eigenvalue weighted by Crippen LogP contribution is -2.22. The maximum absolute atomic E-state index is 12.2. The van der Waals surface area contributed by atoms with Crippen molar-refractivity contribution in [2.75, 3.05) is 0 Å². The molecule has 0 saturated heterocycles. The van der Waals surface area contributed by atoms with Gasteiger partial charge in [-0.2, -0.15) is 5.10 Å². The molecule has 0 atom stereocenters. The van der Waals surface area contributed by atoms with Crippen LogP contribution in [0.3, 0.4) is 0 Å². The maximum Gasteiger partial charge on any atom is 0.251 e. The predicted molar refractivity (Wildman–Crippen MR) is 92.3 cm³/mol. The molecule has 0 fully saturated rings. The number of benzene rings is 1. The standard InChI is InChI=1S/C19H21N3O2/c1-4-18-13(2)21-22(14(18)3)16-9-7-15(8-10-16)19(23)20-12-17-6-5-11-24-17/h5-11H,4,12H2,1-3H3,(H,20,23). The lowest BCUT2D eigenvalue weighted by molar-refractivity contribution is 0.0948. The first-order chi connectivity index (χ1) is 11.6. The van der Waals surface area contributed by atoms with E-state index in [1.807, 2.05) is 41.9 Å². The SMILES string of the molecule is CCc1c(C)nn(-c2ccc(C(=O)NCc3ccco3)cc2)c1C. The smallest absolute Gasteiger partial charge is 0.251 e. The fourth-order valence-electron chi connectivity index (χ4n) is 2.87. The lowest BCUT2D eigenvalue weighted by Gasteiger charge is -2.07. The number of hydrogen-bond acceptors (Lipinski definition) is 3. The second-order valence-electron chi connectivity index (χ2n) is 5.72. The van der Waals surface area contributed by atoms with Crippen LogP contribution in [-0.4, -0.2) is 15.7 Å². The van der Waals surface area contributed by atoms with E-state index in [4.69, 9.17) is 4.42 Å². The Morgan fingerprint density at radius 3 is 2.54 bits per heavy atom. The van der Waals surface area contributed by atoms with Crippen molar-refractivity contribution >= 4 is 5.91 Å². The number of amides is 1. The van der Waals surface area contributed by atoms with Gasteiger partial charge >= 0.3 is 0 Å². The lowest BCUT2D eigenvalue weighted by atomic mass is 10.1. The molecule has 1 amide bonds. The van der Waals surface area contributed by atoms with Gasteiger partial charge in [-0.3, -0.25) is 4.79 Å².